The van der Waals surface area contributed by atoms with Crippen molar-refractivity contribution in [1.82, 2.24) is 5.01 Å². The fraction of sp³-hybridized carbons (Fsp3) is 0.318. The Morgan fingerprint density at radius 3 is 2.32 bits per heavy atom. The third-order valence-corrected chi connectivity index (χ3v) is 5.54. The number of aliphatic carboxylic acids is 1. The largest absolute Gasteiger partial charge is 0.481 e. The summed E-state index contributed by atoms with van der Waals surface area (Å²) in [6.07, 6.45) is 1.87. The van der Waals surface area contributed by atoms with E-state index in [-0.39, 0.29) is 31.2 Å². The highest BCUT2D eigenvalue weighted by Crippen LogP contribution is 2.34. The molecular formula is C22H25N3O5S. The van der Waals surface area contributed by atoms with Crippen LogP contribution in [0.2, 0.25) is 0 Å². The zero-order chi connectivity index (χ0) is 22.6. The molecule has 0 aliphatic carbocycles. The number of nitrogens with zero attached hydrogens (tertiary/aromatic N) is 2. The zero-order valence-corrected chi connectivity index (χ0v) is 18.2. The number of carboxylic acids is 1. The molecule has 3 rings (SSSR count). The van der Waals surface area contributed by atoms with E-state index in [9.17, 15) is 18.0 Å². The summed E-state index contributed by atoms with van der Waals surface area (Å²) in [6, 6.07) is 14.4. The summed E-state index contributed by atoms with van der Waals surface area (Å²) in [5.74, 6) is -1.16. The van der Waals surface area contributed by atoms with Crippen LogP contribution in [0.1, 0.15) is 48.4 Å². The van der Waals surface area contributed by atoms with Gasteiger partial charge in [-0.15, -0.1) is 0 Å². The molecule has 0 aromatic heterocycles. The van der Waals surface area contributed by atoms with E-state index in [1.807, 2.05) is 31.2 Å². The van der Waals surface area contributed by atoms with Crippen molar-refractivity contribution in [3.8, 4) is 0 Å². The topological polar surface area (TPSA) is 116 Å². The first kappa shape index (κ1) is 22.5. The zero-order valence-electron chi connectivity index (χ0n) is 17.4. The number of carbonyl (C=O) groups excluding carboxylic acids is 1. The van der Waals surface area contributed by atoms with Crippen molar-refractivity contribution in [2.45, 2.75) is 38.6 Å². The maximum absolute atomic E-state index is 12.8. The number of hydrogen-bond donors (Lipinski definition) is 2. The van der Waals surface area contributed by atoms with Gasteiger partial charge in [0.25, 0.3) is 0 Å². The Morgan fingerprint density at radius 1 is 1.10 bits per heavy atom. The van der Waals surface area contributed by atoms with Gasteiger partial charge in [-0.2, -0.15) is 5.10 Å². The Balaban J connectivity index is 1.84. The fourth-order valence-corrected chi connectivity index (χ4v) is 3.98. The molecule has 0 unspecified atom stereocenters. The number of amides is 1. The number of rotatable bonds is 8. The molecule has 31 heavy (non-hydrogen) atoms. The van der Waals surface area contributed by atoms with E-state index in [4.69, 9.17) is 5.11 Å². The summed E-state index contributed by atoms with van der Waals surface area (Å²) >= 11 is 0. The first-order valence-electron chi connectivity index (χ1n) is 9.88. The van der Waals surface area contributed by atoms with E-state index in [1.165, 1.54) is 5.01 Å². The van der Waals surface area contributed by atoms with Crippen LogP contribution < -0.4 is 4.72 Å². The summed E-state index contributed by atoms with van der Waals surface area (Å²) in [5.41, 5.74) is 4.00. The molecule has 1 aliphatic heterocycles. The Labute approximate surface area is 181 Å². The number of carboxylic acid groups (broad SMARTS) is 1. The van der Waals surface area contributed by atoms with Gasteiger partial charge in [0.1, 0.15) is 0 Å². The van der Waals surface area contributed by atoms with Crippen molar-refractivity contribution < 1.29 is 23.1 Å². The molecule has 1 atom stereocenters. The summed E-state index contributed by atoms with van der Waals surface area (Å²) in [5, 5.41) is 14.8. The van der Waals surface area contributed by atoms with Gasteiger partial charge >= 0.3 is 5.97 Å². The minimum Gasteiger partial charge on any atom is -0.481 e. The molecule has 1 amide bonds. The maximum Gasteiger partial charge on any atom is 0.303 e. The lowest BCUT2D eigenvalue weighted by atomic mass is 9.97. The quantitative estimate of drug-likeness (QED) is 0.649. The minimum atomic E-state index is -3.37. The van der Waals surface area contributed by atoms with Crippen LogP contribution in [0.15, 0.2) is 53.6 Å². The van der Waals surface area contributed by atoms with Gasteiger partial charge in [0.15, 0.2) is 0 Å². The minimum absolute atomic E-state index is 0.0693. The lowest BCUT2D eigenvalue weighted by molar-refractivity contribution is -0.137. The molecule has 0 fully saturated rings. The lowest BCUT2D eigenvalue weighted by Crippen LogP contribution is -2.27. The predicted octanol–water partition coefficient (Wildman–Crippen LogP) is 3.30. The second-order valence-corrected chi connectivity index (χ2v) is 9.36. The van der Waals surface area contributed by atoms with Gasteiger partial charge < -0.3 is 5.11 Å². The fourth-order valence-electron chi connectivity index (χ4n) is 3.41. The van der Waals surface area contributed by atoms with Crippen molar-refractivity contribution in [3.05, 3.63) is 65.2 Å². The predicted molar refractivity (Wildman–Crippen MR) is 118 cm³/mol. The second-order valence-electron chi connectivity index (χ2n) is 7.61. The number of sulfonamides is 1. The van der Waals surface area contributed by atoms with Crippen LogP contribution in [0, 0.1) is 6.92 Å². The van der Waals surface area contributed by atoms with Crippen molar-refractivity contribution in [1.29, 1.82) is 0 Å². The highest BCUT2D eigenvalue weighted by Gasteiger charge is 2.32. The van der Waals surface area contributed by atoms with E-state index in [2.05, 4.69) is 9.82 Å². The molecule has 1 aliphatic rings. The number of nitrogens with one attached hydrogen (secondary N) is 1. The molecule has 2 N–H and O–H groups in total. The molecule has 0 saturated carbocycles. The SMILES string of the molecule is Cc1ccc([C@H]2CC(c3ccc(NS(C)(=O)=O)cc3)=NN2C(=O)CCCC(=O)O)cc1. The van der Waals surface area contributed by atoms with Crippen LogP contribution in [-0.2, 0) is 19.6 Å². The third kappa shape index (κ3) is 6.14. The second kappa shape index (κ2) is 9.30. The van der Waals surface area contributed by atoms with Crippen molar-refractivity contribution in [3.63, 3.8) is 0 Å². The van der Waals surface area contributed by atoms with E-state index in [0.29, 0.717) is 17.8 Å². The van der Waals surface area contributed by atoms with E-state index < -0.39 is 16.0 Å². The Bertz CT molecular complexity index is 1090. The van der Waals surface area contributed by atoms with Gasteiger partial charge in [-0.3, -0.25) is 14.3 Å². The van der Waals surface area contributed by atoms with Gasteiger partial charge in [0, 0.05) is 24.9 Å². The highest BCUT2D eigenvalue weighted by molar-refractivity contribution is 7.92. The first-order chi connectivity index (χ1) is 14.6. The number of hydrazone groups is 1. The van der Waals surface area contributed by atoms with Crippen molar-refractivity contribution >= 4 is 33.3 Å². The Morgan fingerprint density at radius 2 is 1.74 bits per heavy atom. The van der Waals surface area contributed by atoms with E-state index >= 15 is 0 Å². The molecule has 2 aromatic carbocycles. The van der Waals surface area contributed by atoms with Crippen LogP contribution >= 0.6 is 0 Å². The molecule has 8 nitrogen and oxygen atoms in total. The van der Waals surface area contributed by atoms with E-state index in [1.54, 1.807) is 24.3 Å². The summed E-state index contributed by atoms with van der Waals surface area (Å²) < 4.78 is 25.2. The van der Waals surface area contributed by atoms with Crippen LogP contribution in [0.4, 0.5) is 5.69 Å². The summed E-state index contributed by atoms with van der Waals surface area (Å²) in [7, 11) is -3.37. The molecule has 2 aromatic rings. The maximum atomic E-state index is 12.8. The number of benzene rings is 2. The van der Waals surface area contributed by atoms with Gasteiger partial charge in [0.05, 0.1) is 18.0 Å². The summed E-state index contributed by atoms with van der Waals surface area (Å²) in [6.45, 7) is 1.99. The molecule has 0 radical (unpaired) electrons. The third-order valence-electron chi connectivity index (χ3n) is 4.93. The number of hydrogen-bond acceptors (Lipinski definition) is 5. The van der Waals surface area contributed by atoms with Gasteiger partial charge in [0.2, 0.25) is 15.9 Å². The lowest BCUT2D eigenvalue weighted by Gasteiger charge is -2.22. The van der Waals surface area contributed by atoms with Crippen LogP contribution in [0.3, 0.4) is 0 Å². The van der Waals surface area contributed by atoms with Gasteiger partial charge in [-0.1, -0.05) is 42.0 Å². The molecule has 0 saturated heterocycles. The molecule has 0 spiro atoms. The highest BCUT2D eigenvalue weighted by atomic mass is 32.2. The standard InChI is InChI=1S/C22H25N3O5S/c1-15-6-8-17(9-7-15)20-14-19(23-25(20)21(26)4-3-5-22(27)28)16-10-12-18(13-11-16)24-31(2,29)30/h6-13,20,24H,3-5,14H2,1-2H3,(H,27,28)/t20-/m1/s1. The van der Waals surface area contributed by atoms with Crippen LogP contribution in [0.5, 0.6) is 0 Å². The normalized spacial score (nSPS) is 16.1. The molecule has 164 valence electrons. The Hall–Kier alpha value is -3.20. The molecular weight excluding hydrogens is 418 g/mol. The first-order valence-corrected chi connectivity index (χ1v) is 11.8. The van der Waals surface area contributed by atoms with Crippen molar-refractivity contribution in [2.75, 3.05) is 11.0 Å². The van der Waals surface area contributed by atoms with Crippen LogP contribution in [-0.4, -0.2) is 42.4 Å². The summed E-state index contributed by atoms with van der Waals surface area (Å²) in [4.78, 5) is 23.6. The Kier molecular flexibility index (Phi) is 6.74. The number of aryl methyl sites for hydroxylation is 1. The molecule has 9 heteroatoms. The van der Waals surface area contributed by atoms with Gasteiger partial charge in [-0.25, -0.2) is 13.4 Å². The number of carbonyl (C=O) groups is 2. The molecule has 0 bridgehead atoms. The monoisotopic (exact) mass is 443 g/mol. The average Bonchev–Trinajstić information content (AvgIpc) is 3.13. The van der Waals surface area contributed by atoms with E-state index in [0.717, 1.165) is 22.9 Å². The average molecular weight is 444 g/mol. The molecule has 1 heterocycles. The van der Waals surface area contributed by atoms with Crippen LogP contribution in [0.25, 0.3) is 0 Å². The van der Waals surface area contributed by atoms with Gasteiger partial charge in [-0.05, 0) is 36.6 Å². The smallest absolute Gasteiger partial charge is 0.303 e. The number of anilines is 1. The van der Waals surface area contributed by atoms with Crippen molar-refractivity contribution in [2.24, 2.45) is 5.10 Å².